The SMILES string of the molecule is C=CCN(CC=C)C(CC(=O)O)Cc1ccc(CC)cc1. The average Bonchev–Trinajstić information content (AvgIpc) is 2.46. The minimum Gasteiger partial charge on any atom is -0.481 e. The van der Waals surface area contributed by atoms with Crippen LogP contribution in [-0.4, -0.2) is 35.1 Å². The quantitative estimate of drug-likeness (QED) is 0.671. The first-order valence-electron chi connectivity index (χ1n) is 7.36. The van der Waals surface area contributed by atoms with Crippen molar-refractivity contribution in [1.82, 2.24) is 4.90 Å². The van der Waals surface area contributed by atoms with Gasteiger partial charge >= 0.3 is 5.97 Å². The van der Waals surface area contributed by atoms with Crippen LogP contribution in [0.4, 0.5) is 0 Å². The Morgan fingerprint density at radius 3 is 2.14 bits per heavy atom. The molecular formula is C18H25NO2. The average molecular weight is 287 g/mol. The molecule has 0 heterocycles. The first kappa shape index (κ1) is 17.2. The molecule has 114 valence electrons. The smallest absolute Gasteiger partial charge is 0.304 e. The zero-order valence-electron chi connectivity index (χ0n) is 12.8. The highest BCUT2D eigenvalue weighted by Crippen LogP contribution is 2.14. The normalized spacial score (nSPS) is 12.1. The third-order valence-electron chi connectivity index (χ3n) is 3.56. The Kier molecular flexibility index (Phi) is 7.48. The first-order chi connectivity index (χ1) is 10.1. The maximum absolute atomic E-state index is 11.1. The minimum absolute atomic E-state index is 0.0500. The van der Waals surface area contributed by atoms with E-state index in [0.29, 0.717) is 13.1 Å². The molecule has 0 bridgehead atoms. The van der Waals surface area contributed by atoms with E-state index in [1.807, 2.05) is 0 Å². The van der Waals surface area contributed by atoms with Gasteiger partial charge in [0.15, 0.2) is 0 Å². The van der Waals surface area contributed by atoms with Gasteiger partial charge in [0, 0.05) is 19.1 Å². The summed E-state index contributed by atoms with van der Waals surface area (Å²) in [6.07, 6.45) is 5.46. The fraction of sp³-hybridized carbons (Fsp3) is 0.389. The Balaban J connectivity index is 2.86. The predicted octanol–water partition coefficient (Wildman–Crippen LogP) is 3.31. The Morgan fingerprint density at radius 2 is 1.71 bits per heavy atom. The number of hydrogen-bond acceptors (Lipinski definition) is 2. The molecular weight excluding hydrogens is 262 g/mol. The van der Waals surface area contributed by atoms with E-state index in [4.69, 9.17) is 5.11 Å². The maximum atomic E-state index is 11.1. The Hall–Kier alpha value is -1.87. The molecule has 0 aromatic heterocycles. The number of benzene rings is 1. The Morgan fingerprint density at radius 1 is 1.19 bits per heavy atom. The summed E-state index contributed by atoms with van der Waals surface area (Å²) < 4.78 is 0. The van der Waals surface area contributed by atoms with E-state index in [9.17, 15) is 4.79 Å². The summed E-state index contributed by atoms with van der Waals surface area (Å²) in [6.45, 7) is 11.0. The predicted molar refractivity (Wildman–Crippen MR) is 87.5 cm³/mol. The highest BCUT2D eigenvalue weighted by molar-refractivity contribution is 5.67. The molecule has 21 heavy (non-hydrogen) atoms. The molecule has 1 unspecified atom stereocenters. The zero-order valence-corrected chi connectivity index (χ0v) is 12.8. The van der Waals surface area contributed by atoms with Crippen molar-refractivity contribution >= 4 is 5.97 Å². The van der Waals surface area contributed by atoms with Gasteiger partial charge in [0.05, 0.1) is 6.42 Å². The van der Waals surface area contributed by atoms with E-state index in [-0.39, 0.29) is 12.5 Å². The molecule has 0 saturated carbocycles. The number of aryl methyl sites for hydroxylation is 1. The lowest BCUT2D eigenvalue weighted by Crippen LogP contribution is -2.38. The number of aliphatic carboxylic acids is 1. The molecule has 1 atom stereocenters. The number of nitrogens with zero attached hydrogens (tertiary/aromatic N) is 1. The van der Waals surface area contributed by atoms with Gasteiger partial charge in [-0.15, -0.1) is 13.2 Å². The van der Waals surface area contributed by atoms with Crippen LogP contribution in [-0.2, 0) is 17.6 Å². The molecule has 0 aliphatic rings. The van der Waals surface area contributed by atoms with Gasteiger partial charge in [-0.3, -0.25) is 9.69 Å². The summed E-state index contributed by atoms with van der Waals surface area (Å²) in [4.78, 5) is 13.2. The van der Waals surface area contributed by atoms with Gasteiger partial charge in [-0.25, -0.2) is 0 Å². The summed E-state index contributed by atoms with van der Waals surface area (Å²) in [5, 5.41) is 9.15. The standard InChI is InChI=1S/C18H25NO2/c1-4-11-19(12-5-2)17(14-18(20)21)13-16-9-7-15(6-3)8-10-16/h4-5,7-10,17H,1-2,6,11-14H2,3H3,(H,20,21). The molecule has 0 radical (unpaired) electrons. The van der Waals surface area contributed by atoms with Gasteiger partial charge in [-0.2, -0.15) is 0 Å². The van der Waals surface area contributed by atoms with Crippen LogP contribution in [0.2, 0.25) is 0 Å². The summed E-state index contributed by atoms with van der Waals surface area (Å²) in [6, 6.07) is 8.35. The van der Waals surface area contributed by atoms with Crippen molar-refractivity contribution in [2.45, 2.75) is 32.2 Å². The van der Waals surface area contributed by atoms with Crippen LogP contribution in [0.15, 0.2) is 49.6 Å². The fourth-order valence-electron chi connectivity index (χ4n) is 2.42. The lowest BCUT2D eigenvalue weighted by molar-refractivity contribution is -0.138. The van der Waals surface area contributed by atoms with E-state index < -0.39 is 5.97 Å². The molecule has 0 aliphatic heterocycles. The number of rotatable bonds is 10. The summed E-state index contributed by atoms with van der Waals surface area (Å²) in [5.74, 6) is -0.775. The molecule has 3 heteroatoms. The second-order valence-corrected chi connectivity index (χ2v) is 5.16. The van der Waals surface area contributed by atoms with Crippen LogP contribution < -0.4 is 0 Å². The van der Waals surface area contributed by atoms with Gasteiger partial charge < -0.3 is 5.11 Å². The number of hydrogen-bond donors (Lipinski definition) is 1. The van der Waals surface area contributed by atoms with Crippen molar-refractivity contribution < 1.29 is 9.90 Å². The molecule has 1 aromatic carbocycles. The van der Waals surface area contributed by atoms with Crippen LogP contribution in [0.3, 0.4) is 0 Å². The molecule has 0 spiro atoms. The van der Waals surface area contributed by atoms with Gasteiger partial charge in [0.1, 0.15) is 0 Å². The lowest BCUT2D eigenvalue weighted by Gasteiger charge is -2.29. The molecule has 0 amide bonds. The highest BCUT2D eigenvalue weighted by atomic mass is 16.4. The van der Waals surface area contributed by atoms with Gasteiger partial charge in [-0.05, 0) is 24.0 Å². The topological polar surface area (TPSA) is 40.5 Å². The Bertz CT molecular complexity index is 455. The fourth-order valence-corrected chi connectivity index (χ4v) is 2.42. The van der Waals surface area contributed by atoms with Crippen molar-refractivity contribution in [3.63, 3.8) is 0 Å². The van der Waals surface area contributed by atoms with Crippen molar-refractivity contribution in [2.24, 2.45) is 0 Å². The number of carbonyl (C=O) groups is 1. The largest absolute Gasteiger partial charge is 0.481 e. The minimum atomic E-state index is -0.775. The van der Waals surface area contributed by atoms with Crippen LogP contribution >= 0.6 is 0 Å². The molecule has 0 saturated heterocycles. The van der Waals surface area contributed by atoms with E-state index in [0.717, 1.165) is 18.4 Å². The van der Waals surface area contributed by atoms with Gasteiger partial charge in [-0.1, -0.05) is 43.3 Å². The van der Waals surface area contributed by atoms with E-state index in [2.05, 4.69) is 49.2 Å². The molecule has 0 fully saturated rings. The molecule has 1 N–H and O–H groups in total. The maximum Gasteiger partial charge on any atom is 0.304 e. The van der Waals surface area contributed by atoms with Crippen LogP contribution in [0.5, 0.6) is 0 Å². The van der Waals surface area contributed by atoms with Crippen LogP contribution in [0.1, 0.15) is 24.5 Å². The lowest BCUT2D eigenvalue weighted by atomic mass is 10.00. The summed E-state index contributed by atoms with van der Waals surface area (Å²) in [5.41, 5.74) is 2.46. The van der Waals surface area contributed by atoms with E-state index >= 15 is 0 Å². The second kappa shape index (κ2) is 9.14. The highest BCUT2D eigenvalue weighted by Gasteiger charge is 2.20. The number of carboxylic acid groups (broad SMARTS) is 1. The Labute approximate surface area is 127 Å². The van der Waals surface area contributed by atoms with E-state index in [1.54, 1.807) is 12.2 Å². The monoisotopic (exact) mass is 287 g/mol. The zero-order chi connectivity index (χ0) is 15.7. The van der Waals surface area contributed by atoms with Crippen molar-refractivity contribution in [3.8, 4) is 0 Å². The molecule has 1 rings (SSSR count). The van der Waals surface area contributed by atoms with E-state index in [1.165, 1.54) is 5.56 Å². The van der Waals surface area contributed by atoms with Gasteiger partial charge in [0.2, 0.25) is 0 Å². The molecule has 3 nitrogen and oxygen atoms in total. The number of carboxylic acids is 1. The van der Waals surface area contributed by atoms with Crippen molar-refractivity contribution in [1.29, 1.82) is 0 Å². The second-order valence-electron chi connectivity index (χ2n) is 5.16. The van der Waals surface area contributed by atoms with Gasteiger partial charge in [0.25, 0.3) is 0 Å². The van der Waals surface area contributed by atoms with Crippen LogP contribution in [0, 0.1) is 0 Å². The summed E-state index contributed by atoms with van der Waals surface area (Å²) >= 11 is 0. The third-order valence-corrected chi connectivity index (χ3v) is 3.56. The first-order valence-corrected chi connectivity index (χ1v) is 7.36. The molecule has 0 aliphatic carbocycles. The van der Waals surface area contributed by atoms with Crippen molar-refractivity contribution in [2.75, 3.05) is 13.1 Å². The third kappa shape index (κ3) is 5.96. The van der Waals surface area contributed by atoms with Crippen molar-refractivity contribution in [3.05, 3.63) is 60.7 Å². The van der Waals surface area contributed by atoms with Crippen LogP contribution in [0.25, 0.3) is 0 Å². The molecule has 1 aromatic rings. The summed E-state index contributed by atoms with van der Waals surface area (Å²) in [7, 11) is 0.